The number of aryl methyl sites for hydroxylation is 1. The van der Waals surface area contributed by atoms with Gasteiger partial charge in [0.05, 0.1) is 6.10 Å². The molecule has 0 saturated heterocycles. The number of aliphatic hydroxyl groups excluding tert-OH is 1. The second kappa shape index (κ2) is 4.99. The van der Waals surface area contributed by atoms with Crippen LogP contribution >= 0.6 is 11.8 Å². The maximum Gasteiger partial charge on any atom is 0.126 e. The van der Waals surface area contributed by atoms with Gasteiger partial charge in [0.1, 0.15) is 5.82 Å². The summed E-state index contributed by atoms with van der Waals surface area (Å²) in [6.45, 7) is 1.73. The Morgan fingerprint density at radius 3 is 2.84 bits per heavy atom. The van der Waals surface area contributed by atoms with E-state index in [2.05, 4.69) is 6.07 Å². The van der Waals surface area contributed by atoms with Gasteiger partial charge in [0, 0.05) is 16.6 Å². The summed E-state index contributed by atoms with van der Waals surface area (Å²) in [4.78, 5) is 1.22. The van der Waals surface area contributed by atoms with Crippen LogP contribution in [0.3, 0.4) is 0 Å². The van der Waals surface area contributed by atoms with Crippen molar-refractivity contribution in [3.63, 3.8) is 0 Å². The first-order chi connectivity index (χ1) is 9.16. The van der Waals surface area contributed by atoms with Crippen molar-refractivity contribution in [3.8, 4) is 0 Å². The third-order valence-electron chi connectivity index (χ3n) is 3.66. The first kappa shape index (κ1) is 12.7. The molecule has 0 bridgehead atoms. The van der Waals surface area contributed by atoms with Gasteiger partial charge in [-0.15, -0.1) is 11.8 Å². The Kier molecular flexibility index (Phi) is 3.33. The number of aliphatic hydroxyl groups is 1. The summed E-state index contributed by atoms with van der Waals surface area (Å²) in [6, 6.07) is 13.1. The summed E-state index contributed by atoms with van der Waals surface area (Å²) in [7, 11) is 0. The Morgan fingerprint density at radius 1 is 1.26 bits per heavy atom. The number of hydrogen-bond donors (Lipinski definition) is 1. The van der Waals surface area contributed by atoms with Gasteiger partial charge in [-0.2, -0.15) is 0 Å². The molecule has 2 unspecified atom stereocenters. The molecule has 3 rings (SSSR count). The van der Waals surface area contributed by atoms with Crippen LogP contribution < -0.4 is 0 Å². The molecule has 1 nitrogen and oxygen atoms in total. The largest absolute Gasteiger partial charge is 0.388 e. The molecule has 0 spiro atoms. The fourth-order valence-corrected chi connectivity index (χ4v) is 3.76. The standard InChI is InChI=1S/C16H15FOS/c1-10-6-7-11(8-14(10)17)16(18)13-9-19-15-5-3-2-4-12(13)15/h2-8,13,16,18H,9H2,1H3. The zero-order valence-electron chi connectivity index (χ0n) is 10.6. The van der Waals surface area contributed by atoms with Gasteiger partial charge in [0.2, 0.25) is 0 Å². The fourth-order valence-electron chi connectivity index (χ4n) is 2.47. The van der Waals surface area contributed by atoms with Crippen LogP contribution in [0.5, 0.6) is 0 Å². The summed E-state index contributed by atoms with van der Waals surface area (Å²) in [5.74, 6) is 0.634. The molecule has 0 amide bonds. The van der Waals surface area contributed by atoms with Crippen LogP contribution in [0.1, 0.15) is 28.7 Å². The van der Waals surface area contributed by atoms with Gasteiger partial charge in [0.25, 0.3) is 0 Å². The second-order valence-corrected chi connectivity index (χ2v) is 5.97. The van der Waals surface area contributed by atoms with Crippen molar-refractivity contribution in [3.05, 3.63) is 65.0 Å². The van der Waals surface area contributed by atoms with E-state index in [0.717, 1.165) is 5.75 Å². The number of fused-ring (bicyclic) bond motifs is 1. The highest BCUT2D eigenvalue weighted by molar-refractivity contribution is 7.99. The number of rotatable bonds is 2. The Labute approximate surface area is 116 Å². The highest BCUT2D eigenvalue weighted by atomic mass is 32.2. The van der Waals surface area contributed by atoms with Gasteiger partial charge >= 0.3 is 0 Å². The second-order valence-electron chi connectivity index (χ2n) is 4.91. The first-order valence-electron chi connectivity index (χ1n) is 6.32. The molecule has 0 saturated carbocycles. The molecule has 98 valence electrons. The number of hydrogen-bond acceptors (Lipinski definition) is 2. The minimum atomic E-state index is -0.647. The summed E-state index contributed by atoms with van der Waals surface area (Å²) < 4.78 is 13.6. The maximum atomic E-state index is 13.6. The van der Waals surface area contributed by atoms with Gasteiger partial charge in [-0.1, -0.05) is 30.3 Å². The van der Waals surface area contributed by atoms with Gasteiger partial charge in [-0.25, -0.2) is 4.39 Å². The van der Waals surface area contributed by atoms with E-state index in [1.807, 2.05) is 24.3 Å². The molecule has 19 heavy (non-hydrogen) atoms. The Bertz CT molecular complexity index is 611. The van der Waals surface area contributed by atoms with Crippen molar-refractivity contribution >= 4 is 11.8 Å². The molecule has 2 aromatic carbocycles. The van der Waals surface area contributed by atoms with E-state index in [-0.39, 0.29) is 11.7 Å². The van der Waals surface area contributed by atoms with E-state index in [1.165, 1.54) is 16.5 Å². The van der Waals surface area contributed by atoms with Gasteiger partial charge < -0.3 is 5.11 Å². The molecule has 2 aromatic rings. The van der Waals surface area contributed by atoms with Crippen LogP contribution in [0.2, 0.25) is 0 Å². The van der Waals surface area contributed by atoms with Crippen molar-refractivity contribution in [1.29, 1.82) is 0 Å². The lowest BCUT2D eigenvalue weighted by atomic mass is 9.90. The summed E-state index contributed by atoms with van der Waals surface area (Å²) in [5.41, 5.74) is 2.43. The van der Waals surface area contributed by atoms with Crippen molar-refractivity contribution in [2.45, 2.75) is 23.8 Å². The Hall–Kier alpha value is -1.32. The lowest BCUT2D eigenvalue weighted by molar-refractivity contribution is 0.153. The van der Waals surface area contributed by atoms with E-state index in [9.17, 15) is 9.50 Å². The third kappa shape index (κ3) is 2.28. The molecule has 1 aliphatic rings. The zero-order chi connectivity index (χ0) is 13.4. The average molecular weight is 274 g/mol. The van der Waals surface area contributed by atoms with Crippen LogP contribution in [0.25, 0.3) is 0 Å². The number of thioether (sulfide) groups is 1. The van der Waals surface area contributed by atoms with E-state index < -0.39 is 6.10 Å². The Morgan fingerprint density at radius 2 is 2.05 bits per heavy atom. The molecule has 1 aliphatic heterocycles. The smallest absolute Gasteiger partial charge is 0.126 e. The molecular weight excluding hydrogens is 259 g/mol. The van der Waals surface area contributed by atoms with Crippen LogP contribution in [-0.4, -0.2) is 10.9 Å². The maximum absolute atomic E-state index is 13.6. The highest BCUT2D eigenvalue weighted by Gasteiger charge is 2.30. The fraction of sp³-hybridized carbons (Fsp3) is 0.250. The average Bonchev–Trinajstić information content (AvgIpc) is 2.85. The van der Waals surface area contributed by atoms with Crippen LogP contribution in [0, 0.1) is 12.7 Å². The molecular formula is C16H15FOS. The lowest BCUT2D eigenvalue weighted by Crippen LogP contribution is -2.10. The van der Waals surface area contributed by atoms with Gasteiger partial charge in [0.15, 0.2) is 0 Å². The lowest BCUT2D eigenvalue weighted by Gasteiger charge is -2.19. The minimum absolute atomic E-state index is 0.0447. The third-order valence-corrected chi connectivity index (χ3v) is 4.86. The van der Waals surface area contributed by atoms with Crippen molar-refractivity contribution in [2.75, 3.05) is 5.75 Å². The predicted molar refractivity (Wildman–Crippen MR) is 76.0 cm³/mol. The summed E-state index contributed by atoms with van der Waals surface area (Å²) in [5, 5.41) is 10.5. The molecule has 3 heteroatoms. The van der Waals surface area contributed by atoms with Crippen LogP contribution in [-0.2, 0) is 0 Å². The van der Waals surface area contributed by atoms with Crippen molar-refractivity contribution < 1.29 is 9.50 Å². The predicted octanol–water partition coefficient (Wildman–Crippen LogP) is 4.06. The first-order valence-corrected chi connectivity index (χ1v) is 7.31. The monoisotopic (exact) mass is 274 g/mol. The molecule has 2 atom stereocenters. The van der Waals surface area contributed by atoms with Crippen molar-refractivity contribution in [1.82, 2.24) is 0 Å². The highest BCUT2D eigenvalue weighted by Crippen LogP contribution is 2.45. The number of benzene rings is 2. The quantitative estimate of drug-likeness (QED) is 0.891. The SMILES string of the molecule is Cc1ccc(C(O)C2CSc3ccccc32)cc1F. The molecule has 1 N–H and O–H groups in total. The van der Waals surface area contributed by atoms with Gasteiger partial charge in [-0.05, 0) is 35.7 Å². The van der Waals surface area contributed by atoms with Crippen LogP contribution in [0.4, 0.5) is 4.39 Å². The minimum Gasteiger partial charge on any atom is -0.388 e. The van der Waals surface area contributed by atoms with E-state index in [0.29, 0.717) is 11.1 Å². The van der Waals surface area contributed by atoms with Crippen LogP contribution in [0.15, 0.2) is 47.4 Å². The summed E-state index contributed by atoms with van der Waals surface area (Å²) >= 11 is 1.75. The van der Waals surface area contributed by atoms with E-state index in [4.69, 9.17) is 0 Å². The number of halogens is 1. The molecule has 0 fully saturated rings. The molecule has 0 radical (unpaired) electrons. The van der Waals surface area contributed by atoms with E-state index in [1.54, 1.807) is 24.8 Å². The van der Waals surface area contributed by atoms with Gasteiger partial charge in [-0.3, -0.25) is 0 Å². The zero-order valence-corrected chi connectivity index (χ0v) is 11.5. The molecule has 1 heterocycles. The Balaban J connectivity index is 1.93. The normalized spacial score (nSPS) is 19.2. The molecule has 0 aliphatic carbocycles. The van der Waals surface area contributed by atoms with Crippen molar-refractivity contribution in [2.24, 2.45) is 0 Å². The topological polar surface area (TPSA) is 20.2 Å². The molecule has 0 aromatic heterocycles. The summed E-state index contributed by atoms with van der Waals surface area (Å²) in [6.07, 6.45) is -0.647. The van der Waals surface area contributed by atoms with E-state index >= 15 is 0 Å².